The molecule has 3 aromatic rings. The summed E-state index contributed by atoms with van der Waals surface area (Å²) < 4.78 is 28.3. The van der Waals surface area contributed by atoms with Crippen LogP contribution in [0.3, 0.4) is 0 Å². The molecule has 0 bridgehead atoms. The number of phenolic OH excluding ortho intramolecular Hbond substituents is 1. The lowest BCUT2D eigenvalue weighted by Crippen LogP contribution is -2.01. The number of aryl methyl sites for hydroxylation is 3. The van der Waals surface area contributed by atoms with Gasteiger partial charge in [-0.2, -0.15) is 0 Å². The van der Waals surface area contributed by atoms with Gasteiger partial charge in [0.2, 0.25) is 7.37 Å². The smallest absolute Gasteiger partial charge is 0.508 e. The average molecular weight is 458 g/mol. The van der Waals surface area contributed by atoms with Crippen molar-refractivity contribution in [3.05, 3.63) is 85.8 Å². The third-order valence-electron chi connectivity index (χ3n) is 5.62. The molecule has 0 aliphatic rings. The van der Waals surface area contributed by atoms with E-state index in [0.29, 0.717) is 11.5 Å². The van der Waals surface area contributed by atoms with E-state index in [9.17, 15) is 14.5 Å². The van der Waals surface area contributed by atoms with Crippen molar-refractivity contribution < 1.29 is 23.0 Å². The summed E-state index contributed by atoms with van der Waals surface area (Å²) in [6.07, 6.45) is 1.05. The Morgan fingerprint density at radius 2 is 1.69 bits per heavy atom. The number of hydrogen-bond donors (Lipinski definition) is 1. The maximum absolute atomic E-state index is 13.0. The van der Waals surface area contributed by atoms with Gasteiger partial charge >= 0.3 is 5.82 Å². The number of rotatable bonds is 8. The molecular formula is C25H31O6P. The Morgan fingerprint density at radius 1 is 1.03 bits per heavy atom. The average Bonchev–Trinajstić information content (AvgIpc) is 3.01. The first-order valence-electron chi connectivity index (χ1n) is 10.7. The van der Waals surface area contributed by atoms with Crippen LogP contribution < -0.4 is 5.82 Å². The van der Waals surface area contributed by atoms with Gasteiger partial charge in [-0.3, -0.25) is 4.57 Å². The fraction of sp³-hybridized carbons (Fsp3) is 0.400. The molecule has 2 aromatic carbocycles. The lowest BCUT2D eigenvalue weighted by molar-refractivity contribution is 0.264. The molecule has 0 saturated carbocycles. The molecule has 3 rings (SSSR count). The Kier molecular flexibility index (Phi) is 7.16. The normalized spacial score (nSPS) is 13.5. The Hall–Kier alpha value is -2.56. The van der Waals surface area contributed by atoms with E-state index >= 15 is 0 Å². The van der Waals surface area contributed by atoms with Crippen molar-refractivity contribution in [2.45, 2.75) is 59.7 Å². The predicted octanol–water partition coefficient (Wildman–Crippen LogP) is 6.20. The van der Waals surface area contributed by atoms with E-state index in [4.69, 9.17) is 13.4 Å². The molecule has 1 aromatic heterocycles. The van der Waals surface area contributed by atoms with Crippen molar-refractivity contribution in [1.29, 1.82) is 0 Å². The van der Waals surface area contributed by atoms with Gasteiger partial charge in [-0.25, -0.2) is 4.79 Å². The summed E-state index contributed by atoms with van der Waals surface area (Å²) in [5.74, 6) is 0.381. The van der Waals surface area contributed by atoms with Crippen molar-refractivity contribution in [1.82, 2.24) is 0 Å². The minimum atomic E-state index is -2.97. The quantitative estimate of drug-likeness (QED) is 0.404. The summed E-state index contributed by atoms with van der Waals surface area (Å²) in [6.45, 7) is 11.4. The molecule has 7 heteroatoms. The maximum Gasteiger partial charge on any atom is 0.519 e. The summed E-state index contributed by atoms with van der Waals surface area (Å²) >= 11 is 0. The summed E-state index contributed by atoms with van der Waals surface area (Å²) in [5, 5.41) is 10.1. The van der Waals surface area contributed by atoms with Crippen LogP contribution in [0, 0.1) is 20.8 Å². The highest BCUT2D eigenvalue weighted by Crippen LogP contribution is 2.47. The first-order chi connectivity index (χ1) is 14.9. The summed E-state index contributed by atoms with van der Waals surface area (Å²) in [7, 11) is -2.97. The zero-order valence-electron chi connectivity index (χ0n) is 19.5. The van der Waals surface area contributed by atoms with E-state index in [1.807, 2.05) is 6.07 Å². The van der Waals surface area contributed by atoms with Gasteiger partial charge in [0.15, 0.2) is 5.76 Å². The van der Waals surface area contributed by atoms with Crippen molar-refractivity contribution >= 4 is 7.37 Å². The predicted molar refractivity (Wildman–Crippen MR) is 125 cm³/mol. The second-order valence-electron chi connectivity index (χ2n) is 8.81. The Balaban J connectivity index is 1.75. The number of phenols is 1. The lowest BCUT2D eigenvalue weighted by Gasteiger charge is -2.17. The van der Waals surface area contributed by atoms with Gasteiger partial charge in [0.1, 0.15) is 18.1 Å². The zero-order chi connectivity index (χ0) is 23.6. The summed E-state index contributed by atoms with van der Waals surface area (Å²) in [5.41, 5.74) is 6.49. The lowest BCUT2D eigenvalue weighted by atomic mass is 9.92. The van der Waals surface area contributed by atoms with Crippen LogP contribution in [0.4, 0.5) is 0 Å². The molecule has 0 radical (unpaired) electrons. The number of benzene rings is 2. The second-order valence-corrected chi connectivity index (χ2v) is 11.4. The fourth-order valence-electron chi connectivity index (χ4n) is 3.91. The molecule has 0 aliphatic carbocycles. The third-order valence-corrected chi connectivity index (χ3v) is 7.24. The number of hydrogen-bond acceptors (Lipinski definition) is 6. The van der Waals surface area contributed by atoms with Crippen LogP contribution in [0.1, 0.15) is 64.7 Å². The topological polar surface area (TPSA) is 89.9 Å². The first kappa shape index (κ1) is 24.1. The molecule has 1 N–H and O–H groups in total. The Bertz CT molecular complexity index is 1190. The van der Waals surface area contributed by atoms with Crippen LogP contribution in [0.5, 0.6) is 5.75 Å². The van der Waals surface area contributed by atoms with Crippen molar-refractivity contribution in [3.8, 4) is 5.75 Å². The molecule has 1 atom stereocenters. The largest absolute Gasteiger partial charge is 0.519 e. The molecule has 0 fully saturated rings. The van der Waals surface area contributed by atoms with Crippen LogP contribution in [-0.4, -0.2) is 11.8 Å². The first-order valence-corrected chi connectivity index (χ1v) is 12.9. The standard InChI is InChI=1S/C25H31O6P/c1-15(2)21-11-19(7-8-23(21)26)12-22-16(3)9-20(10-17(22)4)14-32(6,28)29-13-24-18(5)30-25(27)31-24/h7-11,15,26H,12-14H2,1-6H3. The maximum atomic E-state index is 13.0. The SMILES string of the molecule is Cc1cc(CP(C)(=O)OCc2oc(=O)oc2C)cc(C)c1Cc1ccc(O)c(C(C)C)c1. The van der Waals surface area contributed by atoms with Crippen molar-refractivity contribution in [2.24, 2.45) is 0 Å². The van der Waals surface area contributed by atoms with E-state index in [1.54, 1.807) is 19.7 Å². The van der Waals surface area contributed by atoms with Gasteiger partial charge in [0.25, 0.3) is 0 Å². The van der Waals surface area contributed by atoms with E-state index in [-0.39, 0.29) is 24.4 Å². The summed E-state index contributed by atoms with van der Waals surface area (Å²) in [4.78, 5) is 11.2. The molecule has 0 amide bonds. The zero-order valence-corrected chi connectivity index (χ0v) is 20.4. The Morgan fingerprint density at radius 3 is 2.25 bits per heavy atom. The van der Waals surface area contributed by atoms with Crippen LogP contribution >= 0.6 is 7.37 Å². The highest BCUT2D eigenvalue weighted by Gasteiger charge is 2.21. The molecule has 0 saturated heterocycles. The van der Waals surface area contributed by atoms with Gasteiger partial charge in [-0.1, -0.05) is 38.1 Å². The molecule has 0 aliphatic heterocycles. The highest BCUT2D eigenvalue weighted by molar-refractivity contribution is 7.57. The minimum Gasteiger partial charge on any atom is -0.508 e. The molecule has 6 nitrogen and oxygen atoms in total. The van der Waals surface area contributed by atoms with Crippen LogP contribution in [0.2, 0.25) is 0 Å². The third kappa shape index (κ3) is 5.81. The Labute approximate surface area is 188 Å². The fourth-order valence-corrected chi connectivity index (χ4v) is 5.24. The number of aromatic hydroxyl groups is 1. The van der Waals surface area contributed by atoms with E-state index in [0.717, 1.165) is 34.2 Å². The van der Waals surface area contributed by atoms with Crippen LogP contribution in [-0.2, 0) is 28.3 Å². The molecular weight excluding hydrogens is 427 g/mol. The van der Waals surface area contributed by atoms with Crippen LogP contribution in [0.15, 0.2) is 44.0 Å². The van der Waals surface area contributed by atoms with Crippen molar-refractivity contribution in [3.63, 3.8) is 0 Å². The molecule has 1 unspecified atom stereocenters. The second kappa shape index (κ2) is 9.51. The van der Waals surface area contributed by atoms with Gasteiger partial charge in [-0.15, -0.1) is 0 Å². The molecule has 32 heavy (non-hydrogen) atoms. The van der Waals surface area contributed by atoms with Crippen LogP contribution in [0.25, 0.3) is 0 Å². The van der Waals surface area contributed by atoms with Gasteiger partial charge in [-0.05, 0) is 72.6 Å². The molecule has 172 valence electrons. The highest BCUT2D eigenvalue weighted by atomic mass is 31.2. The van der Waals surface area contributed by atoms with Gasteiger partial charge in [0, 0.05) is 12.8 Å². The van der Waals surface area contributed by atoms with Gasteiger partial charge in [0.05, 0.1) is 0 Å². The van der Waals surface area contributed by atoms with E-state index in [2.05, 4.69) is 45.9 Å². The van der Waals surface area contributed by atoms with E-state index < -0.39 is 13.2 Å². The molecule has 0 spiro atoms. The molecule has 1 heterocycles. The van der Waals surface area contributed by atoms with Gasteiger partial charge < -0.3 is 18.5 Å². The van der Waals surface area contributed by atoms with Crippen molar-refractivity contribution in [2.75, 3.05) is 6.66 Å². The monoisotopic (exact) mass is 458 g/mol. The summed E-state index contributed by atoms with van der Waals surface area (Å²) in [6, 6.07) is 9.89. The minimum absolute atomic E-state index is 0.0690. The van der Waals surface area contributed by atoms with E-state index in [1.165, 1.54) is 5.56 Å².